The zero-order chi connectivity index (χ0) is 39.6. The molecule has 0 fully saturated rings. The van der Waals surface area contributed by atoms with E-state index in [2.05, 4.69) is 54.8 Å². The van der Waals surface area contributed by atoms with Crippen LogP contribution in [-0.4, -0.2) is 41.0 Å². The minimum absolute atomic E-state index is 0.195. The highest BCUT2D eigenvalue weighted by Gasteiger charge is 2.22. The molecule has 0 aromatic heterocycles. The molecule has 0 aromatic carbocycles. The molecule has 0 saturated heterocycles. The minimum atomic E-state index is -4.76. The molecular formula is C45H83O8P. The fraction of sp³-hybridized carbons (Fsp3) is 0.822. The normalized spacial score (nSPS) is 12.7. The van der Waals surface area contributed by atoms with Crippen LogP contribution in [0.2, 0.25) is 0 Å². The van der Waals surface area contributed by atoms with E-state index in [0.29, 0.717) is 6.42 Å². The Labute approximate surface area is 332 Å². The third kappa shape index (κ3) is 43.0. The summed E-state index contributed by atoms with van der Waals surface area (Å²) < 4.78 is 26.4. The van der Waals surface area contributed by atoms with Crippen LogP contribution < -0.4 is 0 Å². The largest absolute Gasteiger partial charge is 0.469 e. The highest BCUT2D eigenvalue weighted by Crippen LogP contribution is 2.36. The molecule has 2 N–H and O–H groups in total. The lowest BCUT2D eigenvalue weighted by atomic mass is 10.0. The van der Waals surface area contributed by atoms with Crippen LogP contribution in [-0.2, 0) is 28.2 Å². The molecule has 0 aliphatic rings. The molecule has 0 radical (unpaired) electrons. The third-order valence-corrected chi connectivity index (χ3v) is 10.1. The predicted octanol–water partition coefficient (Wildman–Crippen LogP) is 13.7. The van der Waals surface area contributed by atoms with Crippen molar-refractivity contribution in [3.8, 4) is 0 Å². The lowest BCUT2D eigenvalue weighted by Crippen LogP contribution is -2.29. The lowest BCUT2D eigenvalue weighted by Gasteiger charge is -2.18. The van der Waals surface area contributed by atoms with Gasteiger partial charge in [0.05, 0.1) is 6.61 Å². The molecule has 54 heavy (non-hydrogen) atoms. The molecule has 0 spiro atoms. The zero-order valence-corrected chi connectivity index (χ0v) is 35.8. The van der Waals surface area contributed by atoms with E-state index in [9.17, 15) is 14.2 Å². The highest BCUT2D eigenvalue weighted by molar-refractivity contribution is 7.46. The van der Waals surface area contributed by atoms with E-state index in [1.165, 1.54) is 128 Å². The van der Waals surface area contributed by atoms with Crippen LogP contribution in [0, 0.1) is 0 Å². The number of ether oxygens (including phenoxy) is 2. The third-order valence-electron chi connectivity index (χ3n) is 9.66. The number of hydrogen-bond donors (Lipinski definition) is 2. The summed E-state index contributed by atoms with van der Waals surface area (Å²) in [5.74, 6) is -0.898. The summed E-state index contributed by atoms with van der Waals surface area (Å²) in [6, 6.07) is 0. The number of unbranched alkanes of at least 4 members (excludes halogenated alkanes) is 26. The molecule has 0 unspecified atom stereocenters. The van der Waals surface area contributed by atoms with E-state index in [1.54, 1.807) is 0 Å². The van der Waals surface area contributed by atoms with E-state index < -0.39 is 32.5 Å². The first kappa shape index (κ1) is 52.3. The predicted molar refractivity (Wildman–Crippen MR) is 225 cm³/mol. The Morgan fingerprint density at radius 1 is 0.481 bits per heavy atom. The maximum absolute atomic E-state index is 12.4. The molecule has 0 aliphatic carbocycles. The zero-order valence-electron chi connectivity index (χ0n) is 34.9. The fourth-order valence-corrected chi connectivity index (χ4v) is 6.66. The van der Waals surface area contributed by atoms with Crippen molar-refractivity contribution in [2.24, 2.45) is 0 Å². The number of rotatable bonds is 41. The Balaban J connectivity index is 3.87. The van der Waals surface area contributed by atoms with Gasteiger partial charge in [0, 0.05) is 12.8 Å². The summed E-state index contributed by atoms with van der Waals surface area (Å²) in [7, 11) is -4.76. The van der Waals surface area contributed by atoms with Gasteiger partial charge in [-0.05, 0) is 64.2 Å². The molecular weight excluding hydrogens is 699 g/mol. The van der Waals surface area contributed by atoms with Crippen molar-refractivity contribution in [2.45, 2.75) is 225 Å². The molecule has 0 bridgehead atoms. The van der Waals surface area contributed by atoms with Crippen LogP contribution in [0.25, 0.3) is 0 Å². The Hall–Kier alpha value is -1.73. The van der Waals surface area contributed by atoms with Crippen LogP contribution in [0.15, 0.2) is 36.5 Å². The van der Waals surface area contributed by atoms with Crippen LogP contribution in [0.1, 0.15) is 219 Å². The van der Waals surface area contributed by atoms with Crippen LogP contribution in [0.5, 0.6) is 0 Å². The van der Waals surface area contributed by atoms with Crippen molar-refractivity contribution in [2.75, 3.05) is 13.2 Å². The Bertz CT molecular complexity index is 973. The van der Waals surface area contributed by atoms with Crippen LogP contribution in [0.4, 0.5) is 0 Å². The lowest BCUT2D eigenvalue weighted by molar-refractivity contribution is -0.161. The molecule has 9 heteroatoms. The summed E-state index contributed by atoms with van der Waals surface area (Å²) in [6.45, 7) is 3.66. The number of carbonyl (C=O) groups excluding carboxylic acids is 2. The number of carbonyl (C=O) groups is 2. The molecule has 1 atom stereocenters. The number of esters is 2. The van der Waals surface area contributed by atoms with Gasteiger partial charge >= 0.3 is 19.8 Å². The van der Waals surface area contributed by atoms with Gasteiger partial charge in [-0.3, -0.25) is 14.1 Å². The number of phosphoric acid groups is 1. The van der Waals surface area contributed by atoms with Gasteiger partial charge in [0.2, 0.25) is 0 Å². The number of allylic oxidation sites excluding steroid dienone is 6. The van der Waals surface area contributed by atoms with Gasteiger partial charge in [-0.15, -0.1) is 0 Å². The summed E-state index contributed by atoms with van der Waals surface area (Å²) >= 11 is 0. The van der Waals surface area contributed by atoms with Crippen molar-refractivity contribution in [3.05, 3.63) is 36.5 Å². The average molecular weight is 783 g/mol. The second-order valence-electron chi connectivity index (χ2n) is 15.0. The van der Waals surface area contributed by atoms with E-state index in [0.717, 1.165) is 57.8 Å². The second-order valence-corrected chi connectivity index (χ2v) is 16.3. The molecule has 316 valence electrons. The Morgan fingerprint density at radius 2 is 0.833 bits per heavy atom. The molecule has 0 rings (SSSR count). The van der Waals surface area contributed by atoms with Gasteiger partial charge in [-0.25, -0.2) is 4.57 Å². The van der Waals surface area contributed by atoms with Gasteiger partial charge < -0.3 is 19.3 Å². The Kier molecular flexibility index (Phi) is 39.6. The van der Waals surface area contributed by atoms with E-state index >= 15 is 0 Å². The number of phosphoric ester groups is 1. The first-order valence-corrected chi connectivity index (χ1v) is 23.8. The minimum Gasteiger partial charge on any atom is -0.462 e. The monoisotopic (exact) mass is 783 g/mol. The SMILES string of the molecule is CCCCCC/C=C/C=C/CCCCCCCC(=O)O[C@H](COC(=O)CCCCCCCCCCCCC/C=C/CCCCCCCC)COP(=O)(O)O. The molecule has 0 aromatic rings. The Morgan fingerprint density at radius 3 is 1.26 bits per heavy atom. The van der Waals surface area contributed by atoms with Gasteiger partial charge in [0.25, 0.3) is 0 Å². The van der Waals surface area contributed by atoms with Gasteiger partial charge in [-0.2, -0.15) is 0 Å². The molecule has 0 amide bonds. The van der Waals surface area contributed by atoms with Gasteiger partial charge in [0.15, 0.2) is 6.10 Å². The molecule has 0 saturated carbocycles. The van der Waals surface area contributed by atoms with Crippen molar-refractivity contribution in [3.63, 3.8) is 0 Å². The maximum Gasteiger partial charge on any atom is 0.469 e. The summed E-state index contributed by atoms with van der Waals surface area (Å²) in [5.41, 5.74) is 0. The van der Waals surface area contributed by atoms with Gasteiger partial charge in [-0.1, -0.05) is 179 Å². The van der Waals surface area contributed by atoms with Crippen molar-refractivity contribution in [1.82, 2.24) is 0 Å². The van der Waals surface area contributed by atoms with Gasteiger partial charge in [0.1, 0.15) is 6.61 Å². The molecule has 0 heterocycles. The fourth-order valence-electron chi connectivity index (χ4n) is 6.30. The van der Waals surface area contributed by atoms with E-state index in [1.807, 2.05) is 0 Å². The molecule has 8 nitrogen and oxygen atoms in total. The first-order valence-electron chi connectivity index (χ1n) is 22.3. The second kappa shape index (κ2) is 40.9. The smallest absolute Gasteiger partial charge is 0.462 e. The molecule has 0 aliphatic heterocycles. The standard InChI is InChI=1S/C45H83O8P/c1-3-5-7-9-11-13-15-17-19-20-21-22-23-24-26-27-29-31-33-35-37-39-44(46)51-41-43(42-52-54(48,49)50)53-45(47)40-38-36-34-32-30-28-25-18-16-14-12-10-8-6-4-2/h14,16-19,25,43H,3-13,15,20-24,26-42H2,1-2H3,(H2,48,49,50)/b16-14+,19-17+,25-18+/t43-/m1/s1. The summed E-state index contributed by atoms with van der Waals surface area (Å²) in [4.78, 5) is 42.9. The highest BCUT2D eigenvalue weighted by atomic mass is 31.2. The first-order chi connectivity index (χ1) is 26.3. The van der Waals surface area contributed by atoms with Crippen LogP contribution >= 0.6 is 7.82 Å². The van der Waals surface area contributed by atoms with Crippen LogP contribution in [0.3, 0.4) is 0 Å². The van der Waals surface area contributed by atoms with E-state index in [4.69, 9.17) is 19.3 Å². The summed E-state index contributed by atoms with van der Waals surface area (Å²) in [6.07, 6.45) is 48.7. The van der Waals surface area contributed by atoms with Crippen molar-refractivity contribution >= 4 is 19.8 Å². The summed E-state index contributed by atoms with van der Waals surface area (Å²) in [5, 5.41) is 0. The van der Waals surface area contributed by atoms with E-state index in [-0.39, 0.29) is 19.4 Å². The maximum atomic E-state index is 12.4. The quantitative estimate of drug-likeness (QED) is 0.0207. The topological polar surface area (TPSA) is 119 Å². The van der Waals surface area contributed by atoms with Crippen molar-refractivity contribution in [1.29, 1.82) is 0 Å². The van der Waals surface area contributed by atoms with Crippen molar-refractivity contribution < 1.29 is 37.9 Å². The average Bonchev–Trinajstić information content (AvgIpc) is 3.14. The number of hydrogen-bond acceptors (Lipinski definition) is 6.